The van der Waals surface area contributed by atoms with Gasteiger partial charge in [-0.2, -0.15) is 0 Å². The normalized spacial score (nSPS) is 11.6. The summed E-state index contributed by atoms with van der Waals surface area (Å²) in [5.74, 6) is 0.661. The second-order valence-electron chi connectivity index (χ2n) is 5.38. The number of hydrogen-bond acceptors (Lipinski definition) is 3. The number of carbonyl (C=O) groups excluding carboxylic acids is 1. The number of benzene rings is 2. The van der Waals surface area contributed by atoms with Crippen molar-refractivity contribution in [3.63, 3.8) is 0 Å². The number of aliphatic hydroxyl groups excluding tert-OH is 1. The molecule has 0 spiro atoms. The fraction of sp³-hybridized carbons (Fsp3) is 0.278. The van der Waals surface area contributed by atoms with Crippen molar-refractivity contribution in [3.05, 3.63) is 64.7 Å². The third kappa shape index (κ3) is 5.76. The summed E-state index contributed by atoms with van der Waals surface area (Å²) in [6.07, 6.45) is -0.195. The molecule has 0 aliphatic carbocycles. The van der Waals surface area contributed by atoms with Crippen LogP contribution in [0.2, 0.25) is 5.02 Å². The fourth-order valence-electron chi connectivity index (χ4n) is 2.17. The Balaban J connectivity index is 1.74. The molecule has 0 aliphatic rings. The van der Waals surface area contributed by atoms with Crippen molar-refractivity contribution >= 4 is 17.6 Å². The first kappa shape index (κ1) is 18.1. The highest BCUT2D eigenvalue weighted by Gasteiger charge is 2.08. The number of rotatable bonds is 7. The van der Waals surface area contributed by atoms with Gasteiger partial charge in [-0.15, -0.1) is 0 Å². The van der Waals surface area contributed by atoms with Crippen LogP contribution in [0.4, 0.5) is 4.79 Å². The second-order valence-corrected chi connectivity index (χ2v) is 5.81. The van der Waals surface area contributed by atoms with Crippen LogP contribution < -0.4 is 15.4 Å². The van der Waals surface area contributed by atoms with Crippen molar-refractivity contribution in [1.82, 2.24) is 10.6 Å². The van der Waals surface area contributed by atoms with Crippen LogP contribution in [-0.2, 0) is 13.2 Å². The van der Waals surface area contributed by atoms with Gasteiger partial charge in [-0.3, -0.25) is 0 Å². The number of urea groups is 1. The number of halogens is 1. The first-order valence-electron chi connectivity index (χ1n) is 7.70. The van der Waals surface area contributed by atoms with Crippen LogP contribution in [0.5, 0.6) is 5.75 Å². The minimum Gasteiger partial charge on any atom is -0.489 e. The van der Waals surface area contributed by atoms with E-state index in [2.05, 4.69) is 10.6 Å². The van der Waals surface area contributed by atoms with Gasteiger partial charge < -0.3 is 20.5 Å². The summed E-state index contributed by atoms with van der Waals surface area (Å²) in [6, 6.07) is 14.3. The molecule has 3 N–H and O–H groups in total. The minimum atomic E-state index is -0.288. The predicted molar refractivity (Wildman–Crippen MR) is 94.1 cm³/mol. The van der Waals surface area contributed by atoms with Gasteiger partial charge in [-0.05, 0) is 36.2 Å². The van der Waals surface area contributed by atoms with Crippen molar-refractivity contribution in [2.75, 3.05) is 6.54 Å². The van der Waals surface area contributed by atoms with Gasteiger partial charge in [0.15, 0.2) is 0 Å². The molecule has 2 aromatic rings. The molecule has 0 aliphatic heterocycles. The van der Waals surface area contributed by atoms with Gasteiger partial charge in [0.25, 0.3) is 0 Å². The summed E-state index contributed by atoms with van der Waals surface area (Å²) >= 11 is 5.90. The zero-order chi connectivity index (χ0) is 17.4. The summed E-state index contributed by atoms with van der Waals surface area (Å²) in [6.45, 7) is 2.53. The van der Waals surface area contributed by atoms with Crippen molar-refractivity contribution in [2.24, 2.45) is 0 Å². The molecule has 0 aromatic heterocycles. The Morgan fingerprint density at radius 3 is 2.62 bits per heavy atom. The molecular weight excluding hydrogens is 328 g/mol. The summed E-state index contributed by atoms with van der Waals surface area (Å²) in [5, 5.41) is 15.4. The molecule has 6 heteroatoms. The number of carbonyl (C=O) groups is 1. The third-order valence-corrected chi connectivity index (χ3v) is 3.65. The molecule has 5 nitrogen and oxygen atoms in total. The molecule has 2 aromatic carbocycles. The minimum absolute atomic E-state index is 0.0516. The molecule has 0 radical (unpaired) electrons. The Bertz CT molecular complexity index is 679. The van der Waals surface area contributed by atoms with Crippen LogP contribution in [-0.4, -0.2) is 23.8 Å². The van der Waals surface area contributed by atoms with Crippen LogP contribution in [0.15, 0.2) is 48.5 Å². The lowest BCUT2D eigenvalue weighted by atomic mass is 10.1. The summed E-state index contributed by atoms with van der Waals surface area (Å²) in [4.78, 5) is 11.9. The molecule has 128 valence electrons. The molecule has 0 bridgehead atoms. The summed E-state index contributed by atoms with van der Waals surface area (Å²) in [7, 11) is 0. The average Bonchev–Trinajstić information content (AvgIpc) is 2.58. The number of hydrogen-bond donors (Lipinski definition) is 3. The maximum atomic E-state index is 11.9. The quantitative estimate of drug-likeness (QED) is 0.720. The van der Waals surface area contributed by atoms with Gasteiger partial charge in [0, 0.05) is 11.6 Å². The van der Waals surface area contributed by atoms with E-state index in [0.29, 0.717) is 23.9 Å². The Hall–Kier alpha value is -2.24. The van der Waals surface area contributed by atoms with E-state index in [9.17, 15) is 9.90 Å². The van der Waals surface area contributed by atoms with Crippen LogP contribution in [0.25, 0.3) is 0 Å². The largest absolute Gasteiger partial charge is 0.489 e. The molecular formula is C18H21ClN2O3. The maximum Gasteiger partial charge on any atom is 0.315 e. The van der Waals surface area contributed by atoms with E-state index in [4.69, 9.17) is 16.3 Å². The molecule has 0 saturated carbocycles. The van der Waals surface area contributed by atoms with Gasteiger partial charge in [0.2, 0.25) is 0 Å². The van der Waals surface area contributed by atoms with Crippen LogP contribution in [0, 0.1) is 0 Å². The van der Waals surface area contributed by atoms with Crippen molar-refractivity contribution < 1.29 is 14.6 Å². The zero-order valence-corrected chi connectivity index (χ0v) is 14.2. The maximum absolute atomic E-state index is 11.9. The van der Waals surface area contributed by atoms with E-state index in [1.54, 1.807) is 12.1 Å². The number of ether oxygens (including phenoxy) is 1. The second kappa shape index (κ2) is 9.15. The van der Waals surface area contributed by atoms with Crippen molar-refractivity contribution in [2.45, 2.75) is 26.2 Å². The number of amides is 2. The molecule has 0 saturated heterocycles. The standard InChI is InChI=1S/C18H21ClN2O3/c1-13(24-17-8-4-7-16(19)9-17)10-20-18(23)21-11-14-5-2-3-6-15(14)12-22/h2-9,13,22H,10-12H2,1H3,(H2,20,21,23). The van der Waals surface area contributed by atoms with E-state index >= 15 is 0 Å². The predicted octanol–water partition coefficient (Wildman–Crippen LogP) is 3.10. The summed E-state index contributed by atoms with van der Waals surface area (Å²) in [5.41, 5.74) is 1.69. The molecule has 24 heavy (non-hydrogen) atoms. The van der Waals surface area contributed by atoms with Gasteiger partial charge in [-0.1, -0.05) is 41.9 Å². The van der Waals surface area contributed by atoms with Crippen molar-refractivity contribution in [3.8, 4) is 5.75 Å². The Labute approximate surface area is 146 Å². The van der Waals surface area contributed by atoms with Gasteiger partial charge in [0.1, 0.15) is 11.9 Å². The first-order valence-corrected chi connectivity index (χ1v) is 8.08. The summed E-state index contributed by atoms with van der Waals surface area (Å²) < 4.78 is 5.68. The van der Waals surface area contributed by atoms with E-state index in [1.807, 2.05) is 43.3 Å². The number of aliphatic hydroxyl groups is 1. The number of nitrogens with one attached hydrogen (secondary N) is 2. The SMILES string of the molecule is CC(CNC(=O)NCc1ccccc1CO)Oc1cccc(Cl)c1. The van der Waals surface area contributed by atoms with Crippen LogP contribution in [0.3, 0.4) is 0 Å². The Morgan fingerprint density at radius 1 is 1.17 bits per heavy atom. The fourth-order valence-corrected chi connectivity index (χ4v) is 2.35. The average molecular weight is 349 g/mol. The van der Waals surface area contributed by atoms with E-state index in [0.717, 1.165) is 11.1 Å². The molecule has 2 rings (SSSR count). The molecule has 0 fully saturated rings. The first-order chi connectivity index (χ1) is 11.6. The highest BCUT2D eigenvalue weighted by molar-refractivity contribution is 6.30. The molecule has 0 heterocycles. The van der Waals surface area contributed by atoms with Gasteiger partial charge in [-0.25, -0.2) is 4.79 Å². The lowest BCUT2D eigenvalue weighted by Gasteiger charge is -2.16. The molecule has 2 amide bonds. The van der Waals surface area contributed by atoms with E-state index in [-0.39, 0.29) is 18.7 Å². The lowest BCUT2D eigenvalue weighted by molar-refractivity contribution is 0.207. The zero-order valence-electron chi connectivity index (χ0n) is 13.5. The highest BCUT2D eigenvalue weighted by atomic mass is 35.5. The third-order valence-electron chi connectivity index (χ3n) is 3.41. The Morgan fingerprint density at radius 2 is 1.92 bits per heavy atom. The lowest BCUT2D eigenvalue weighted by Crippen LogP contribution is -2.40. The van der Waals surface area contributed by atoms with Gasteiger partial charge in [0.05, 0.1) is 13.2 Å². The van der Waals surface area contributed by atoms with Crippen LogP contribution in [0.1, 0.15) is 18.1 Å². The molecule has 1 atom stereocenters. The topological polar surface area (TPSA) is 70.6 Å². The molecule has 1 unspecified atom stereocenters. The highest BCUT2D eigenvalue weighted by Crippen LogP contribution is 2.18. The van der Waals surface area contributed by atoms with E-state index < -0.39 is 0 Å². The smallest absolute Gasteiger partial charge is 0.315 e. The van der Waals surface area contributed by atoms with Gasteiger partial charge >= 0.3 is 6.03 Å². The van der Waals surface area contributed by atoms with E-state index in [1.165, 1.54) is 0 Å². The van der Waals surface area contributed by atoms with Crippen molar-refractivity contribution in [1.29, 1.82) is 0 Å². The van der Waals surface area contributed by atoms with Crippen LogP contribution >= 0.6 is 11.6 Å². The monoisotopic (exact) mass is 348 g/mol. The Kier molecular flexibility index (Phi) is 6.90.